The van der Waals surface area contributed by atoms with Crippen LogP contribution in [0.25, 0.3) is 0 Å². The Morgan fingerprint density at radius 2 is 2.17 bits per heavy atom. The zero-order valence-electron chi connectivity index (χ0n) is 13.0. The number of anilines is 1. The number of pyridine rings is 1. The van der Waals surface area contributed by atoms with Gasteiger partial charge in [0.25, 0.3) is 0 Å². The molecule has 122 valence electrons. The molecule has 6 heteroatoms. The number of benzene rings is 1. The first-order valence-corrected chi connectivity index (χ1v) is 7.66. The minimum atomic E-state index is -1.17. The summed E-state index contributed by atoms with van der Waals surface area (Å²) in [5.74, 6) is -0.0845. The lowest BCUT2D eigenvalue weighted by Gasteiger charge is -2.25. The van der Waals surface area contributed by atoms with Crippen molar-refractivity contribution in [1.29, 1.82) is 0 Å². The van der Waals surface area contributed by atoms with E-state index < -0.39 is 11.6 Å². The quantitative estimate of drug-likeness (QED) is 0.794. The van der Waals surface area contributed by atoms with E-state index in [1.54, 1.807) is 56.4 Å². The summed E-state index contributed by atoms with van der Waals surface area (Å²) >= 11 is 5.96. The van der Waals surface area contributed by atoms with Crippen molar-refractivity contribution < 1.29 is 14.6 Å². The number of aliphatic hydroxyl groups is 1. The molecule has 1 unspecified atom stereocenters. The fourth-order valence-corrected chi connectivity index (χ4v) is 2.29. The lowest BCUT2D eigenvalue weighted by atomic mass is 9.96. The van der Waals surface area contributed by atoms with E-state index in [1.165, 1.54) is 0 Å². The van der Waals surface area contributed by atoms with E-state index in [4.69, 9.17) is 16.3 Å². The Labute approximate surface area is 140 Å². The predicted octanol–water partition coefficient (Wildman–Crippen LogP) is 3.23. The number of halogens is 1. The Morgan fingerprint density at radius 1 is 1.39 bits per heavy atom. The van der Waals surface area contributed by atoms with Crippen LogP contribution in [0.15, 0.2) is 42.6 Å². The highest BCUT2D eigenvalue weighted by atomic mass is 35.5. The van der Waals surface area contributed by atoms with Crippen molar-refractivity contribution in [3.63, 3.8) is 0 Å². The maximum absolute atomic E-state index is 11.9. The highest BCUT2D eigenvalue weighted by molar-refractivity contribution is 6.30. The van der Waals surface area contributed by atoms with Crippen LogP contribution in [0.4, 0.5) is 5.82 Å². The van der Waals surface area contributed by atoms with Crippen molar-refractivity contribution >= 4 is 23.4 Å². The lowest BCUT2D eigenvalue weighted by molar-refractivity contribution is 0.0525. The largest absolute Gasteiger partial charge is 0.462 e. The number of nitrogens with zero attached hydrogens (tertiary/aromatic N) is 1. The molecule has 2 N–H and O–H groups in total. The molecule has 0 aliphatic carbocycles. The molecule has 2 aromatic rings. The minimum Gasteiger partial charge on any atom is -0.462 e. The molecule has 1 atom stereocenters. The zero-order valence-corrected chi connectivity index (χ0v) is 13.8. The average molecular weight is 335 g/mol. The van der Waals surface area contributed by atoms with Gasteiger partial charge in [0, 0.05) is 17.8 Å². The van der Waals surface area contributed by atoms with Gasteiger partial charge in [0.05, 0.1) is 6.61 Å². The van der Waals surface area contributed by atoms with Crippen molar-refractivity contribution in [2.24, 2.45) is 0 Å². The number of hydrogen-bond acceptors (Lipinski definition) is 5. The van der Waals surface area contributed by atoms with Gasteiger partial charge in [0.15, 0.2) is 0 Å². The SMILES string of the molecule is CCOC(=O)c1cccnc1NCC(C)(O)c1cccc(Cl)c1. The van der Waals surface area contributed by atoms with Gasteiger partial charge in [-0.3, -0.25) is 0 Å². The van der Waals surface area contributed by atoms with Crippen LogP contribution in [-0.2, 0) is 10.3 Å². The molecule has 0 amide bonds. The Balaban J connectivity index is 2.16. The first-order chi connectivity index (χ1) is 10.9. The molecule has 23 heavy (non-hydrogen) atoms. The fourth-order valence-electron chi connectivity index (χ4n) is 2.10. The van der Waals surface area contributed by atoms with Crippen molar-refractivity contribution in [1.82, 2.24) is 4.98 Å². The predicted molar refractivity (Wildman–Crippen MR) is 89.7 cm³/mol. The molecule has 0 fully saturated rings. The smallest absolute Gasteiger partial charge is 0.341 e. The third-order valence-corrected chi connectivity index (χ3v) is 3.58. The molecule has 0 spiro atoms. The van der Waals surface area contributed by atoms with E-state index in [0.29, 0.717) is 22.0 Å². The van der Waals surface area contributed by atoms with Crippen molar-refractivity contribution in [2.45, 2.75) is 19.4 Å². The molecule has 1 heterocycles. The molecular weight excluding hydrogens is 316 g/mol. The van der Waals surface area contributed by atoms with Crippen LogP contribution in [0.2, 0.25) is 5.02 Å². The summed E-state index contributed by atoms with van der Waals surface area (Å²) < 4.78 is 5.00. The van der Waals surface area contributed by atoms with E-state index in [2.05, 4.69) is 10.3 Å². The average Bonchev–Trinajstić information content (AvgIpc) is 2.53. The van der Waals surface area contributed by atoms with Crippen LogP contribution < -0.4 is 5.32 Å². The molecule has 2 rings (SSSR count). The van der Waals surface area contributed by atoms with Gasteiger partial charge in [0.2, 0.25) is 0 Å². The van der Waals surface area contributed by atoms with Crippen molar-refractivity contribution in [2.75, 3.05) is 18.5 Å². The van der Waals surface area contributed by atoms with Crippen molar-refractivity contribution in [3.8, 4) is 0 Å². The highest BCUT2D eigenvalue weighted by Gasteiger charge is 2.24. The summed E-state index contributed by atoms with van der Waals surface area (Å²) in [6.07, 6.45) is 1.57. The molecule has 1 aromatic heterocycles. The van der Waals surface area contributed by atoms with E-state index in [-0.39, 0.29) is 13.2 Å². The van der Waals surface area contributed by atoms with E-state index in [1.807, 2.05) is 0 Å². The van der Waals surface area contributed by atoms with Gasteiger partial charge in [0.1, 0.15) is 17.0 Å². The topological polar surface area (TPSA) is 71.5 Å². The minimum absolute atomic E-state index is 0.163. The summed E-state index contributed by atoms with van der Waals surface area (Å²) in [4.78, 5) is 16.1. The number of carbonyl (C=O) groups is 1. The summed E-state index contributed by atoms with van der Waals surface area (Å²) in [5, 5.41) is 14.2. The Hall–Kier alpha value is -2.11. The molecular formula is C17H19ClN2O3. The number of nitrogens with one attached hydrogen (secondary N) is 1. The van der Waals surface area contributed by atoms with Gasteiger partial charge < -0.3 is 15.2 Å². The van der Waals surface area contributed by atoms with Crippen LogP contribution in [0.1, 0.15) is 29.8 Å². The Bertz CT molecular complexity index is 689. The monoisotopic (exact) mass is 334 g/mol. The van der Waals surface area contributed by atoms with Gasteiger partial charge >= 0.3 is 5.97 Å². The third kappa shape index (κ3) is 4.43. The number of hydrogen-bond donors (Lipinski definition) is 2. The van der Waals surface area contributed by atoms with Crippen molar-refractivity contribution in [3.05, 3.63) is 58.7 Å². The standard InChI is InChI=1S/C17H19ClN2O3/c1-3-23-16(21)14-8-5-9-19-15(14)20-11-17(2,22)12-6-4-7-13(18)10-12/h4-10,22H,3,11H2,1-2H3,(H,19,20). The maximum Gasteiger partial charge on any atom is 0.341 e. The third-order valence-electron chi connectivity index (χ3n) is 3.35. The molecule has 0 bridgehead atoms. The van der Waals surface area contributed by atoms with Gasteiger partial charge in [-0.2, -0.15) is 0 Å². The van der Waals surface area contributed by atoms with E-state index >= 15 is 0 Å². The second kappa shape index (κ2) is 7.44. The summed E-state index contributed by atoms with van der Waals surface area (Å²) in [6.45, 7) is 3.86. The van der Waals surface area contributed by atoms with Gasteiger partial charge in [-0.1, -0.05) is 23.7 Å². The van der Waals surface area contributed by atoms with Gasteiger partial charge in [-0.05, 0) is 43.7 Å². The van der Waals surface area contributed by atoms with Crippen LogP contribution in [-0.4, -0.2) is 29.2 Å². The zero-order chi connectivity index (χ0) is 16.9. The van der Waals surface area contributed by atoms with Gasteiger partial charge in [-0.25, -0.2) is 9.78 Å². The molecule has 1 aromatic carbocycles. The molecule has 0 radical (unpaired) electrons. The summed E-state index contributed by atoms with van der Waals surface area (Å²) in [6, 6.07) is 10.3. The van der Waals surface area contributed by atoms with Crippen LogP contribution in [0.5, 0.6) is 0 Å². The van der Waals surface area contributed by atoms with Gasteiger partial charge in [-0.15, -0.1) is 0 Å². The second-order valence-electron chi connectivity index (χ2n) is 5.26. The molecule has 0 saturated carbocycles. The summed E-state index contributed by atoms with van der Waals surface area (Å²) in [5.41, 5.74) is -0.170. The van der Waals surface area contributed by atoms with E-state index in [9.17, 15) is 9.90 Å². The van der Waals surface area contributed by atoms with Crippen LogP contribution >= 0.6 is 11.6 Å². The summed E-state index contributed by atoms with van der Waals surface area (Å²) in [7, 11) is 0. The number of ether oxygens (including phenoxy) is 1. The first-order valence-electron chi connectivity index (χ1n) is 7.28. The number of rotatable bonds is 6. The fraction of sp³-hybridized carbons (Fsp3) is 0.294. The Morgan fingerprint density at radius 3 is 2.87 bits per heavy atom. The Kier molecular flexibility index (Phi) is 5.58. The molecule has 0 aliphatic rings. The number of aromatic nitrogens is 1. The molecule has 0 aliphatic heterocycles. The maximum atomic E-state index is 11.9. The van der Waals surface area contributed by atoms with Crippen LogP contribution in [0, 0.1) is 0 Å². The highest BCUT2D eigenvalue weighted by Crippen LogP contribution is 2.24. The first kappa shape index (κ1) is 17.2. The molecule has 0 saturated heterocycles. The lowest BCUT2D eigenvalue weighted by Crippen LogP contribution is -2.31. The van der Waals surface area contributed by atoms with E-state index in [0.717, 1.165) is 0 Å². The van der Waals surface area contributed by atoms with Crippen LogP contribution in [0.3, 0.4) is 0 Å². The second-order valence-corrected chi connectivity index (χ2v) is 5.69. The normalized spacial score (nSPS) is 13.2. The molecule has 5 nitrogen and oxygen atoms in total. The number of esters is 1. The number of carbonyl (C=O) groups excluding carboxylic acids is 1.